The average Bonchev–Trinajstić information content (AvgIpc) is 2.49. The van der Waals surface area contributed by atoms with Gasteiger partial charge < -0.3 is 0 Å². The van der Waals surface area contributed by atoms with E-state index in [1.165, 1.54) is 0 Å². The van der Waals surface area contributed by atoms with Crippen molar-refractivity contribution in [3.05, 3.63) is 35.4 Å². The molecule has 0 fully saturated rings. The Labute approximate surface area is 138 Å². The minimum atomic E-state index is -2.71. The predicted molar refractivity (Wildman–Crippen MR) is 87.9 cm³/mol. The van der Waals surface area contributed by atoms with Crippen LogP contribution in [0.25, 0.3) is 0 Å². The van der Waals surface area contributed by atoms with Gasteiger partial charge in [0.15, 0.2) is 5.60 Å². The van der Waals surface area contributed by atoms with Gasteiger partial charge in [-0.1, -0.05) is 26.0 Å². The maximum Gasteiger partial charge on any atom is 0.695 e. The van der Waals surface area contributed by atoms with Crippen LogP contribution in [0.2, 0.25) is 0 Å². The van der Waals surface area contributed by atoms with E-state index in [2.05, 4.69) is 5.48 Å². The van der Waals surface area contributed by atoms with Crippen molar-refractivity contribution in [1.29, 1.82) is 0 Å². The summed E-state index contributed by atoms with van der Waals surface area (Å²) in [4.78, 5) is 26.4. The van der Waals surface area contributed by atoms with Crippen LogP contribution in [0.15, 0.2) is 24.3 Å². The van der Waals surface area contributed by atoms with Gasteiger partial charge in [-0.15, -0.1) is 9.42 Å². The molecule has 0 saturated heterocycles. The monoisotopic (exact) mass is 342 g/mol. The Kier molecular flexibility index (Phi) is 6.84. The number of nitrogens with one attached hydrogen (secondary N) is 1. The molecule has 0 heterocycles. The molecule has 1 amide bonds. The molecule has 1 unspecified atom stereocenters. The SMILES string of the molecule is CCC(CC)(O[P+](=O)O)c1ccc(C(=O)NOC(C)(C)C)cc1. The van der Waals surface area contributed by atoms with Crippen molar-refractivity contribution in [3.8, 4) is 0 Å². The molecule has 1 rings (SSSR count). The molecular formula is C16H25NO5P+. The molecule has 1 atom stereocenters. The van der Waals surface area contributed by atoms with Crippen LogP contribution < -0.4 is 5.48 Å². The summed E-state index contributed by atoms with van der Waals surface area (Å²) in [7, 11) is -2.71. The van der Waals surface area contributed by atoms with Crippen LogP contribution in [0.3, 0.4) is 0 Å². The third-order valence-corrected chi connectivity index (χ3v) is 4.02. The summed E-state index contributed by atoms with van der Waals surface area (Å²) < 4.78 is 16.4. The lowest BCUT2D eigenvalue weighted by atomic mass is 9.88. The van der Waals surface area contributed by atoms with Gasteiger partial charge in [-0.3, -0.25) is 9.63 Å². The molecule has 0 spiro atoms. The van der Waals surface area contributed by atoms with Crippen LogP contribution in [0, 0.1) is 0 Å². The lowest BCUT2D eigenvalue weighted by Crippen LogP contribution is -2.33. The van der Waals surface area contributed by atoms with Crippen molar-refractivity contribution in [1.82, 2.24) is 5.48 Å². The van der Waals surface area contributed by atoms with E-state index in [1.54, 1.807) is 24.3 Å². The number of benzene rings is 1. The van der Waals surface area contributed by atoms with Crippen molar-refractivity contribution in [2.24, 2.45) is 0 Å². The highest BCUT2D eigenvalue weighted by atomic mass is 31.1. The van der Waals surface area contributed by atoms with Crippen molar-refractivity contribution >= 4 is 14.2 Å². The topological polar surface area (TPSA) is 84.9 Å². The third-order valence-electron chi connectivity index (χ3n) is 3.52. The van der Waals surface area contributed by atoms with Gasteiger partial charge in [0.25, 0.3) is 5.91 Å². The normalized spacial score (nSPS) is 12.9. The first-order valence-corrected chi connectivity index (χ1v) is 8.70. The lowest BCUT2D eigenvalue weighted by molar-refractivity contribution is -0.0589. The largest absolute Gasteiger partial charge is 0.695 e. The van der Waals surface area contributed by atoms with Crippen molar-refractivity contribution in [2.45, 2.75) is 58.7 Å². The van der Waals surface area contributed by atoms with Crippen LogP contribution in [0.4, 0.5) is 0 Å². The summed E-state index contributed by atoms with van der Waals surface area (Å²) in [6, 6.07) is 6.75. The molecule has 0 aliphatic heterocycles. The molecule has 128 valence electrons. The molecule has 0 aromatic heterocycles. The Morgan fingerprint density at radius 1 is 1.17 bits per heavy atom. The fourth-order valence-corrected chi connectivity index (χ4v) is 2.84. The van der Waals surface area contributed by atoms with E-state index >= 15 is 0 Å². The summed E-state index contributed by atoms with van der Waals surface area (Å²) in [6.07, 6.45) is 1.09. The van der Waals surface area contributed by atoms with Crippen LogP contribution in [-0.2, 0) is 19.5 Å². The minimum absolute atomic E-state index is 0.348. The molecule has 0 saturated carbocycles. The van der Waals surface area contributed by atoms with E-state index in [0.29, 0.717) is 18.4 Å². The van der Waals surface area contributed by atoms with E-state index < -0.39 is 19.5 Å². The van der Waals surface area contributed by atoms with E-state index in [-0.39, 0.29) is 5.91 Å². The molecule has 1 aromatic carbocycles. The molecule has 0 bridgehead atoms. The number of amides is 1. The first kappa shape index (κ1) is 19.7. The van der Waals surface area contributed by atoms with Gasteiger partial charge >= 0.3 is 8.25 Å². The summed E-state index contributed by atoms with van der Waals surface area (Å²) in [5.74, 6) is -0.348. The average molecular weight is 342 g/mol. The van der Waals surface area contributed by atoms with Crippen LogP contribution in [-0.4, -0.2) is 16.4 Å². The highest BCUT2D eigenvalue weighted by Gasteiger charge is 2.39. The number of hydrogen-bond donors (Lipinski definition) is 2. The van der Waals surface area contributed by atoms with Gasteiger partial charge in [0.05, 0.1) is 5.60 Å². The number of hydroxylamine groups is 1. The summed E-state index contributed by atoms with van der Waals surface area (Å²) in [5, 5.41) is 0. The van der Waals surface area contributed by atoms with Crippen molar-refractivity contribution in [3.63, 3.8) is 0 Å². The molecule has 0 aliphatic carbocycles. The Balaban J connectivity index is 2.93. The van der Waals surface area contributed by atoms with E-state index in [0.717, 1.165) is 5.56 Å². The quantitative estimate of drug-likeness (QED) is 0.581. The zero-order chi connectivity index (χ0) is 17.7. The van der Waals surface area contributed by atoms with Gasteiger partial charge in [0.2, 0.25) is 0 Å². The zero-order valence-corrected chi connectivity index (χ0v) is 15.1. The highest BCUT2D eigenvalue weighted by molar-refractivity contribution is 7.32. The first-order valence-electron chi connectivity index (χ1n) is 7.57. The fraction of sp³-hybridized carbons (Fsp3) is 0.562. The Bertz CT molecular complexity index is 547. The molecule has 0 radical (unpaired) electrons. The smallest absolute Gasteiger partial charge is 0.268 e. The maximum absolute atomic E-state index is 12.0. The van der Waals surface area contributed by atoms with E-state index in [1.807, 2.05) is 34.6 Å². The van der Waals surface area contributed by atoms with Crippen molar-refractivity contribution < 1.29 is 23.6 Å². The number of rotatable bonds is 7. The Morgan fingerprint density at radius 3 is 2.09 bits per heavy atom. The highest BCUT2D eigenvalue weighted by Crippen LogP contribution is 2.40. The van der Waals surface area contributed by atoms with Gasteiger partial charge in [-0.2, -0.15) is 0 Å². The molecule has 0 aliphatic rings. The molecule has 6 nitrogen and oxygen atoms in total. The standard InChI is InChI=1S/C16H24NO5P/c1-6-16(7-2,22-23(19)20)13-10-8-12(9-11-13)14(18)17-21-15(3,4)5/h8-11H,6-7H2,1-5H3,(H-,17,18,19,20)/p+1. The van der Waals surface area contributed by atoms with Gasteiger partial charge in [-0.05, 0) is 51.3 Å². The van der Waals surface area contributed by atoms with Crippen LogP contribution in [0.1, 0.15) is 63.4 Å². The first-order chi connectivity index (χ1) is 10.6. The number of carbonyl (C=O) groups excluding carboxylic acids is 1. The van der Waals surface area contributed by atoms with Gasteiger partial charge in [-0.25, -0.2) is 5.48 Å². The van der Waals surface area contributed by atoms with Gasteiger partial charge in [0, 0.05) is 10.1 Å². The Morgan fingerprint density at radius 2 is 1.70 bits per heavy atom. The molecule has 23 heavy (non-hydrogen) atoms. The molecule has 2 N–H and O–H groups in total. The Hall–Kier alpha value is -1.33. The number of hydrogen-bond acceptors (Lipinski definition) is 4. The summed E-state index contributed by atoms with van der Waals surface area (Å²) >= 11 is 0. The number of carbonyl (C=O) groups is 1. The minimum Gasteiger partial charge on any atom is -0.268 e. The molecule has 7 heteroatoms. The lowest BCUT2D eigenvalue weighted by Gasteiger charge is -2.25. The second-order valence-corrected chi connectivity index (χ2v) is 6.91. The second kappa shape index (κ2) is 7.97. The maximum atomic E-state index is 12.0. The molecular weight excluding hydrogens is 317 g/mol. The van der Waals surface area contributed by atoms with E-state index in [4.69, 9.17) is 14.3 Å². The summed E-state index contributed by atoms with van der Waals surface area (Å²) in [5.41, 5.74) is 2.28. The summed E-state index contributed by atoms with van der Waals surface area (Å²) in [6.45, 7) is 9.28. The van der Waals surface area contributed by atoms with Gasteiger partial charge in [0.1, 0.15) is 0 Å². The second-order valence-electron chi connectivity index (χ2n) is 6.25. The zero-order valence-electron chi connectivity index (χ0n) is 14.3. The predicted octanol–water partition coefficient (Wildman–Crippen LogP) is 3.83. The van der Waals surface area contributed by atoms with E-state index in [9.17, 15) is 9.36 Å². The van der Waals surface area contributed by atoms with Crippen LogP contribution >= 0.6 is 8.25 Å². The van der Waals surface area contributed by atoms with Crippen molar-refractivity contribution in [2.75, 3.05) is 0 Å². The molecule has 1 aromatic rings. The third kappa shape index (κ3) is 5.66. The fourth-order valence-electron chi connectivity index (χ4n) is 2.17. The van der Waals surface area contributed by atoms with Crippen LogP contribution in [0.5, 0.6) is 0 Å².